The Labute approximate surface area is 137 Å². The van der Waals surface area contributed by atoms with Gasteiger partial charge in [-0.2, -0.15) is 14.6 Å². The number of rotatable bonds is 3. The van der Waals surface area contributed by atoms with Crippen LogP contribution in [0, 0.1) is 0 Å². The molecular weight excluding hydrogens is 306 g/mol. The van der Waals surface area contributed by atoms with E-state index in [1.54, 1.807) is 28.6 Å². The van der Waals surface area contributed by atoms with Crippen LogP contribution in [0.4, 0.5) is 0 Å². The number of hydrogen-bond donors (Lipinski definition) is 0. The highest BCUT2D eigenvalue weighted by Crippen LogP contribution is 2.20. The number of benzene rings is 1. The molecule has 0 aliphatic carbocycles. The predicted molar refractivity (Wildman–Crippen MR) is 89.4 cm³/mol. The maximum Gasteiger partial charge on any atom is 0.262 e. The zero-order chi connectivity index (χ0) is 16.7. The van der Waals surface area contributed by atoms with Crippen molar-refractivity contribution in [2.24, 2.45) is 0 Å². The molecule has 0 unspecified atom stereocenters. The summed E-state index contributed by atoms with van der Waals surface area (Å²) in [5, 5.41) is 4.63. The van der Waals surface area contributed by atoms with Gasteiger partial charge in [-0.15, -0.1) is 0 Å². The number of nitrogens with zero attached hydrogens (tertiary/aromatic N) is 5. The number of ether oxygens (including phenoxy) is 1. The lowest BCUT2D eigenvalue weighted by atomic mass is 10.1. The molecule has 7 nitrogen and oxygen atoms in total. The highest BCUT2D eigenvalue weighted by Gasteiger charge is 2.13. The third-order valence-electron chi connectivity index (χ3n) is 4.22. The van der Waals surface area contributed by atoms with Crippen LogP contribution in [0.1, 0.15) is 18.5 Å². The molecule has 24 heavy (non-hydrogen) atoms. The van der Waals surface area contributed by atoms with Crippen molar-refractivity contribution in [3.63, 3.8) is 0 Å². The molecule has 0 bridgehead atoms. The average Bonchev–Trinajstić information content (AvgIpc) is 3.11. The second kappa shape index (κ2) is 5.45. The van der Waals surface area contributed by atoms with Crippen LogP contribution in [0.2, 0.25) is 0 Å². The summed E-state index contributed by atoms with van der Waals surface area (Å²) in [7, 11) is 1.63. The Morgan fingerprint density at radius 2 is 1.92 bits per heavy atom. The normalized spacial score (nSPS) is 12.6. The number of hydrogen-bond acceptors (Lipinski definition) is 5. The summed E-state index contributed by atoms with van der Waals surface area (Å²) in [5.74, 6) is 1.26. The van der Waals surface area contributed by atoms with E-state index in [0.717, 1.165) is 11.3 Å². The molecule has 1 atom stereocenters. The van der Waals surface area contributed by atoms with Gasteiger partial charge in [0.15, 0.2) is 0 Å². The highest BCUT2D eigenvalue weighted by atomic mass is 16.5. The van der Waals surface area contributed by atoms with E-state index in [2.05, 4.69) is 15.1 Å². The molecule has 3 heterocycles. The van der Waals surface area contributed by atoms with Gasteiger partial charge in [0.25, 0.3) is 11.3 Å². The molecule has 0 fully saturated rings. The van der Waals surface area contributed by atoms with Crippen molar-refractivity contribution >= 4 is 16.7 Å². The Morgan fingerprint density at radius 1 is 1.12 bits per heavy atom. The molecule has 0 radical (unpaired) electrons. The van der Waals surface area contributed by atoms with Crippen LogP contribution in [0.25, 0.3) is 16.7 Å². The van der Waals surface area contributed by atoms with Crippen LogP contribution in [0.3, 0.4) is 0 Å². The van der Waals surface area contributed by atoms with E-state index in [-0.39, 0.29) is 11.6 Å². The Hall–Kier alpha value is -3.22. The summed E-state index contributed by atoms with van der Waals surface area (Å²) in [6.45, 7) is 1.98. The van der Waals surface area contributed by atoms with Crippen LogP contribution >= 0.6 is 0 Å². The van der Waals surface area contributed by atoms with Gasteiger partial charge in [-0.3, -0.25) is 4.79 Å². The summed E-state index contributed by atoms with van der Waals surface area (Å²) < 4.78 is 8.43. The van der Waals surface area contributed by atoms with Gasteiger partial charge in [-0.25, -0.2) is 4.98 Å². The van der Waals surface area contributed by atoms with Crippen LogP contribution in [-0.2, 0) is 0 Å². The largest absolute Gasteiger partial charge is 0.497 e. The molecule has 0 saturated carbocycles. The quantitative estimate of drug-likeness (QED) is 0.577. The van der Waals surface area contributed by atoms with Crippen LogP contribution in [0.5, 0.6) is 5.75 Å². The topological polar surface area (TPSA) is 74.3 Å². The molecule has 0 saturated heterocycles. The maximum absolute atomic E-state index is 12.9. The average molecular weight is 321 g/mol. The summed E-state index contributed by atoms with van der Waals surface area (Å²) in [4.78, 5) is 21.1. The number of aromatic nitrogens is 5. The summed E-state index contributed by atoms with van der Waals surface area (Å²) in [6, 6.07) is 9.44. The van der Waals surface area contributed by atoms with E-state index in [4.69, 9.17) is 4.74 Å². The summed E-state index contributed by atoms with van der Waals surface area (Å²) in [5.41, 5.74) is 1.61. The highest BCUT2D eigenvalue weighted by molar-refractivity contribution is 5.78. The first-order valence-electron chi connectivity index (χ1n) is 7.52. The molecule has 4 aromatic rings. The zero-order valence-electron chi connectivity index (χ0n) is 13.2. The van der Waals surface area contributed by atoms with Gasteiger partial charge in [-0.05, 0) is 30.7 Å². The first-order valence-corrected chi connectivity index (χ1v) is 7.52. The summed E-state index contributed by atoms with van der Waals surface area (Å²) in [6.07, 6.45) is 4.76. The monoisotopic (exact) mass is 321 g/mol. The van der Waals surface area contributed by atoms with E-state index in [1.165, 1.54) is 6.33 Å². The second-order valence-electron chi connectivity index (χ2n) is 5.51. The molecule has 1 aromatic carbocycles. The van der Waals surface area contributed by atoms with Crippen molar-refractivity contribution in [1.29, 1.82) is 0 Å². The van der Waals surface area contributed by atoms with Crippen LogP contribution in [-0.4, -0.2) is 31.3 Å². The minimum Gasteiger partial charge on any atom is -0.497 e. The molecule has 120 valence electrons. The number of fused-ring (bicyclic) bond motifs is 3. The van der Waals surface area contributed by atoms with E-state index >= 15 is 0 Å². The van der Waals surface area contributed by atoms with Gasteiger partial charge in [0, 0.05) is 12.4 Å². The number of methoxy groups -OCH3 is 1. The lowest BCUT2D eigenvalue weighted by Gasteiger charge is -2.16. The first-order chi connectivity index (χ1) is 11.7. The molecular formula is C17H15N5O2. The smallest absolute Gasteiger partial charge is 0.262 e. The molecule has 7 heteroatoms. The molecule has 0 aliphatic heterocycles. The third-order valence-corrected chi connectivity index (χ3v) is 4.22. The van der Waals surface area contributed by atoms with Crippen molar-refractivity contribution < 1.29 is 4.74 Å². The fraction of sp³-hybridized carbons (Fsp3) is 0.176. The molecule has 0 spiro atoms. The van der Waals surface area contributed by atoms with Crippen molar-refractivity contribution in [3.05, 3.63) is 65.0 Å². The molecule has 3 aromatic heterocycles. The minimum absolute atomic E-state index is 0.110. The van der Waals surface area contributed by atoms with Crippen molar-refractivity contribution in [3.8, 4) is 5.75 Å². The fourth-order valence-corrected chi connectivity index (χ4v) is 2.83. The standard InChI is InChI=1S/C17H15N5O2/c1-11(12-3-5-13(24-2)6-4-12)21-8-7-15-14(16(21)23)9-18-17-19-10-20-22(15)17/h3-11H,1-2H3/t11-/m1/s1. The molecule has 0 aliphatic rings. The van der Waals surface area contributed by atoms with Gasteiger partial charge >= 0.3 is 0 Å². The van der Waals surface area contributed by atoms with Crippen LogP contribution < -0.4 is 10.3 Å². The minimum atomic E-state index is -0.112. The maximum atomic E-state index is 12.9. The Morgan fingerprint density at radius 3 is 2.67 bits per heavy atom. The Kier molecular flexibility index (Phi) is 3.26. The van der Waals surface area contributed by atoms with Gasteiger partial charge in [0.05, 0.1) is 24.1 Å². The Bertz CT molecular complexity index is 1080. The lowest BCUT2D eigenvalue weighted by Crippen LogP contribution is -2.24. The first kappa shape index (κ1) is 14.4. The summed E-state index contributed by atoms with van der Waals surface area (Å²) >= 11 is 0. The van der Waals surface area contributed by atoms with Crippen LogP contribution in [0.15, 0.2) is 53.8 Å². The van der Waals surface area contributed by atoms with Gasteiger partial charge in [0.1, 0.15) is 12.1 Å². The predicted octanol–water partition coefficient (Wildman–Crippen LogP) is 2.06. The second-order valence-corrected chi connectivity index (χ2v) is 5.51. The van der Waals surface area contributed by atoms with E-state index in [1.807, 2.05) is 37.3 Å². The lowest BCUT2D eigenvalue weighted by molar-refractivity contribution is 0.414. The van der Waals surface area contributed by atoms with Crippen molar-refractivity contribution in [2.75, 3.05) is 7.11 Å². The van der Waals surface area contributed by atoms with Gasteiger partial charge < -0.3 is 9.30 Å². The van der Waals surface area contributed by atoms with E-state index in [9.17, 15) is 4.79 Å². The SMILES string of the molecule is COc1ccc([C@@H](C)n2ccc3c(cnc4ncnn43)c2=O)cc1. The van der Waals surface area contributed by atoms with Crippen molar-refractivity contribution in [1.82, 2.24) is 24.1 Å². The molecule has 4 rings (SSSR count). The third kappa shape index (κ3) is 2.13. The molecule has 0 N–H and O–H groups in total. The van der Waals surface area contributed by atoms with Gasteiger partial charge in [-0.1, -0.05) is 12.1 Å². The fourth-order valence-electron chi connectivity index (χ4n) is 2.83. The van der Waals surface area contributed by atoms with E-state index in [0.29, 0.717) is 16.7 Å². The van der Waals surface area contributed by atoms with Gasteiger partial charge in [0.2, 0.25) is 0 Å². The van der Waals surface area contributed by atoms with Crippen molar-refractivity contribution in [2.45, 2.75) is 13.0 Å². The Balaban J connectivity index is 1.85. The molecule has 0 amide bonds. The van der Waals surface area contributed by atoms with E-state index < -0.39 is 0 Å². The number of pyridine rings is 1. The zero-order valence-corrected chi connectivity index (χ0v) is 13.2.